The van der Waals surface area contributed by atoms with Gasteiger partial charge in [-0.1, -0.05) is 6.07 Å². The van der Waals surface area contributed by atoms with Gasteiger partial charge in [-0.15, -0.1) is 24.5 Å². The highest BCUT2D eigenvalue weighted by Crippen LogP contribution is 2.40. The number of carbonyl (C=O) groups excluding carboxylic acids is 1. The van der Waals surface area contributed by atoms with Gasteiger partial charge in [-0.3, -0.25) is 15.1 Å². The van der Waals surface area contributed by atoms with Crippen LogP contribution < -0.4 is 10.1 Å². The molecule has 0 atom stereocenters. The third-order valence-electron chi connectivity index (χ3n) is 4.72. The number of carbonyl (C=O) groups is 1. The van der Waals surface area contributed by atoms with E-state index in [1.54, 1.807) is 6.20 Å². The van der Waals surface area contributed by atoms with Gasteiger partial charge in [0.05, 0.1) is 5.69 Å². The summed E-state index contributed by atoms with van der Waals surface area (Å²) in [6, 6.07) is 10.3. The summed E-state index contributed by atoms with van der Waals surface area (Å²) in [5, 5.41) is 3.15. The van der Waals surface area contributed by atoms with Crippen molar-refractivity contribution in [2.24, 2.45) is 0 Å². The monoisotopic (exact) mass is 449 g/mol. The van der Waals surface area contributed by atoms with Gasteiger partial charge in [0, 0.05) is 35.8 Å². The van der Waals surface area contributed by atoms with Crippen molar-refractivity contribution in [3.05, 3.63) is 59.1 Å². The first-order chi connectivity index (χ1) is 14.9. The lowest BCUT2D eigenvalue weighted by Crippen LogP contribution is -2.17. The molecule has 1 aliphatic rings. The van der Waals surface area contributed by atoms with E-state index in [2.05, 4.69) is 20.0 Å². The second-order valence-electron chi connectivity index (χ2n) is 6.86. The number of ether oxygens (including phenoxy) is 2. The molecule has 1 aromatic carbocycles. The smallest absolute Gasteiger partial charge is 0.406 e. The molecule has 162 valence electrons. The summed E-state index contributed by atoms with van der Waals surface area (Å²) in [7, 11) is 0. The second kappa shape index (κ2) is 9.03. The molecule has 4 rings (SSSR count). The Labute approximate surface area is 180 Å². The Balaban J connectivity index is 1.55. The number of alkyl halides is 3. The first kappa shape index (κ1) is 21.3. The number of thiazole rings is 1. The zero-order valence-corrected chi connectivity index (χ0v) is 17.0. The highest BCUT2D eigenvalue weighted by molar-refractivity contribution is 7.16. The number of hydrogen-bond donors (Lipinski definition) is 1. The third-order valence-corrected chi connectivity index (χ3v) is 5.86. The number of benzene rings is 1. The Morgan fingerprint density at radius 2 is 1.87 bits per heavy atom. The number of anilines is 1. The fourth-order valence-corrected chi connectivity index (χ4v) is 4.42. The number of nitrogens with one attached hydrogen (secondary N) is 1. The van der Waals surface area contributed by atoms with Crippen LogP contribution in [0.4, 0.5) is 18.3 Å². The Kier molecular flexibility index (Phi) is 6.19. The first-order valence-electron chi connectivity index (χ1n) is 9.56. The SMILES string of the molecule is O=C(Nc1nc(-c2ccccn2)c(C2CCOCC2)s1)c1ccc(OC(F)(F)F)cc1. The Hall–Kier alpha value is -2.98. The lowest BCUT2D eigenvalue weighted by Gasteiger charge is -2.21. The fourth-order valence-electron chi connectivity index (χ4n) is 3.29. The minimum atomic E-state index is -4.78. The molecule has 31 heavy (non-hydrogen) atoms. The highest BCUT2D eigenvalue weighted by atomic mass is 32.1. The van der Waals surface area contributed by atoms with E-state index in [-0.39, 0.29) is 11.5 Å². The molecule has 10 heteroatoms. The number of rotatable bonds is 5. The maximum absolute atomic E-state index is 12.6. The van der Waals surface area contributed by atoms with Crippen LogP contribution in [0.1, 0.15) is 34.0 Å². The lowest BCUT2D eigenvalue weighted by atomic mass is 9.96. The van der Waals surface area contributed by atoms with Crippen LogP contribution in [0.15, 0.2) is 48.7 Å². The van der Waals surface area contributed by atoms with Crippen molar-refractivity contribution in [2.75, 3.05) is 18.5 Å². The molecule has 0 bridgehead atoms. The number of hydrogen-bond acceptors (Lipinski definition) is 6. The minimum absolute atomic E-state index is 0.191. The van der Waals surface area contributed by atoms with Crippen molar-refractivity contribution in [2.45, 2.75) is 25.1 Å². The minimum Gasteiger partial charge on any atom is -0.406 e. The van der Waals surface area contributed by atoms with Crippen LogP contribution in [0.25, 0.3) is 11.4 Å². The van der Waals surface area contributed by atoms with Gasteiger partial charge in [0.2, 0.25) is 0 Å². The van der Waals surface area contributed by atoms with Crippen molar-refractivity contribution in [3.8, 4) is 17.1 Å². The summed E-state index contributed by atoms with van der Waals surface area (Å²) in [5.41, 5.74) is 1.63. The largest absolute Gasteiger partial charge is 0.573 e. The van der Waals surface area contributed by atoms with E-state index in [0.29, 0.717) is 18.3 Å². The van der Waals surface area contributed by atoms with Gasteiger partial charge in [-0.2, -0.15) is 0 Å². The van der Waals surface area contributed by atoms with E-state index in [1.807, 2.05) is 18.2 Å². The van der Waals surface area contributed by atoms with E-state index < -0.39 is 18.0 Å². The van der Waals surface area contributed by atoms with Crippen LogP contribution in [0.3, 0.4) is 0 Å². The van der Waals surface area contributed by atoms with Crippen LogP contribution in [-0.2, 0) is 4.74 Å². The molecule has 1 aliphatic heterocycles. The standard InChI is InChI=1S/C21H18F3N3O3S/c22-21(23,24)30-15-6-4-14(5-7-15)19(28)27-20-26-17(16-3-1-2-10-25-16)18(31-20)13-8-11-29-12-9-13/h1-7,10,13H,8-9,11-12H2,(H,26,27,28). The lowest BCUT2D eigenvalue weighted by molar-refractivity contribution is -0.274. The van der Waals surface area contributed by atoms with E-state index in [1.165, 1.54) is 23.5 Å². The second-order valence-corrected chi connectivity index (χ2v) is 7.89. The average molecular weight is 449 g/mol. The molecule has 0 aliphatic carbocycles. The molecule has 1 fully saturated rings. The molecule has 2 aromatic heterocycles. The van der Waals surface area contributed by atoms with E-state index >= 15 is 0 Å². The van der Waals surface area contributed by atoms with E-state index in [4.69, 9.17) is 4.74 Å². The first-order valence-corrected chi connectivity index (χ1v) is 10.4. The van der Waals surface area contributed by atoms with Gasteiger partial charge in [0.25, 0.3) is 5.91 Å². The Morgan fingerprint density at radius 3 is 2.52 bits per heavy atom. The summed E-state index contributed by atoms with van der Waals surface area (Å²) in [5.74, 6) is -0.608. The molecular weight excluding hydrogens is 431 g/mol. The predicted molar refractivity (Wildman–Crippen MR) is 109 cm³/mol. The molecule has 0 spiro atoms. The molecule has 0 saturated carbocycles. The van der Waals surface area contributed by atoms with Crippen molar-refractivity contribution in [3.63, 3.8) is 0 Å². The van der Waals surface area contributed by atoms with Crippen molar-refractivity contribution < 1.29 is 27.4 Å². The van der Waals surface area contributed by atoms with Gasteiger partial charge in [0.1, 0.15) is 11.4 Å². The zero-order valence-electron chi connectivity index (χ0n) is 16.2. The van der Waals surface area contributed by atoms with Crippen molar-refractivity contribution >= 4 is 22.4 Å². The average Bonchev–Trinajstić information content (AvgIpc) is 3.18. The van der Waals surface area contributed by atoms with Gasteiger partial charge in [-0.05, 0) is 49.2 Å². The third kappa shape index (κ3) is 5.39. The topological polar surface area (TPSA) is 73.3 Å². The summed E-state index contributed by atoms with van der Waals surface area (Å²) in [4.78, 5) is 22.6. The predicted octanol–water partition coefficient (Wildman–Crippen LogP) is 5.25. The van der Waals surface area contributed by atoms with E-state index in [0.717, 1.165) is 41.2 Å². The van der Waals surface area contributed by atoms with Crippen LogP contribution in [0, 0.1) is 0 Å². The molecule has 1 N–H and O–H groups in total. The highest BCUT2D eigenvalue weighted by Gasteiger charge is 2.31. The van der Waals surface area contributed by atoms with Crippen LogP contribution in [0.5, 0.6) is 5.75 Å². The summed E-state index contributed by atoms with van der Waals surface area (Å²) in [6.07, 6.45) is -1.38. The van der Waals surface area contributed by atoms with Gasteiger partial charge >= 0.3 is 6.36 Å². The molecule has 1 saturated heterocycles. The van der Waals surface area contributed by atoms with Gasteiger partial charge in [-0.25, -0.2) is 4.98 Å². The summed E-state index contributed by atoms with van der Waals surface area (Å²) in [6.45, 7) is 1.33. The van der Waals surface area contributed by atoms with Gasteiger partial charge < -0.3 is 9.47 Å². The van der Waals surface area contributed by atoms with Crippen LogP contribution >= 0.6 is 11.3 Å². The van der Waals surface area contributed by atoms with Crippen LogP contribution in [-0.4, -0.2) is 35.5 Å². The quantitative estimate of drug-likeness (QED) is 0.576. The molecule has 3 heterocycles. The Bertz CT molecular complexity index is 1030. The van der Waals surface area contributed by atoms with Gasteiger partial charge in [0.15, 0.2) is 5.13 Å². The normalized spacial score (nSPS) is 14.9. The maximum Gasteiger partial charge on any atom is 0.573 e. The van der Waals surface area contributed by atoms with Crippen molar-refractivity contribution in [1.29, 1.82) is 0 Å². The number of amides is 1. The zero-order chi connectivity index (χ0) is 21.8. The van der Waals surface area contributed by atoms with Crippen LogP contribution in [0.2, 0.25) is 0 Å². The molecule has 0 unspecified atom stereocenters. The summed E-state index contributed by atoms with van der Waals surface area (Å²) < 4.78 is 46.2. The molecule has 1 amide bonds. The number of nitrogens with zero attached hydrogens (tertiary/aromatic N) is 2. The number of halogens is 3. The number of aromatic nitrogens is 2. The molecule has 3 aromatic rings. The summed E-state index contributed by atoms with van der Waals surface area (Å²) >= 11 is 1.38. The van der Waals surface area contributed by atoms with Crippen molar-refractivity contribution in [1.82, 2.24) is 9.97 Å². The maximum atomic E-state index is 12.6. The molecular formula is C21H18F3N3O3S. The Morgan fingerprint density at radius 1 is 1.13 bits per heavy atom. The molecule has 6 nitrogen and oxygen atoms in total. The van der Waals surface area contributed by atoms with E-state index in [9.17, 15) is 18.0 Å². The fraction of sp³-hybridized carbons (Fsp3) is 0.286. The number of pyridine rings is 1. The molecule has 0 radical (unpaired) electrons.